The van der Waals surface area contributed by atoms with E-state index in [9.17, 15) is 0 Å². The first-order chi connectivity index (χ1) is 12.7. The van der Waals surface area contributed by atoms with Crippen LogP contribution in [-0.4, -0.2) is 11.4 Å². The summed E-state index contributed by atoms with van der Waals surface area (Å²) < 4.78 is 0. The number of hydrogen-bond donors (Lipinski definition) is 1. The van der Waals surface area contributed by atoms with Crippen LogP contribution in [0.2, 0.25) is 0 Å². The van der Waals surface area contributed by atoms with Crippen LogP contribution in [0.15, 0.2) is 70.6 Å². The molecule has 0 unspecified atom stereocenters. The lowest BCUT2D eigenvalue weighted by atomic mass is 9.99. The van der Waals surface area contributed by atoms with Crippen LogP contribution in [0.3, 0.4) is 0 Å². The third-order valence-corrected chi connectivity index (χ3v) is 5.12. The first-order valence-electron chi connectivity index (χ1n) is 8.89. The molecule has 2 heterocycles. The van der Waals surface area contributed by atoms with E-state index in [1.807, 2.05) is 18.2 Å². The molecule has 5 rings (SSSR count). The maximum atomic E-state index is 5.89. The average Bonchev–Trinajstić information content (AvgIpc) is 3.25. The summed E-state index contributed by atoms with van der Waals surface area (Å²) in [7, 11) is 0. The van der Waals surface area contributed by atoms with Crippen LogP contribution in [0.5, 0.6) is 0 Å². The second kappa shape index (κ2) is 5.67. The molecule has 0 saturated carbocycles. The van der Waals surface area contributed by atoms with Gasteiger partial charge < -0.3 is 5.73 Å². The summed E-state index contributed by atoms with van der Waals surface area (Å²) in [5.41, 5.74) is 17.2. The highest BCUT2D eigenvalue weighted by molar-refractivity contribution is 6.09. The first-order valence-corrected chi connectivity index (χ1v) is 8.89. The number of fused-ring (bicyclic) bond motifs is 2. The minimum absolute atomic E-state index is 0.796. The van der Waals surface area contributed by atoms with Gasteiger partial charge in [-0.25, -0.2) is 0 Å². The molecular formula is C23H19N3. The molecule has 0 fully saturated rings. The van der Waals surface area contributed by atoms with E-state index in [1.165, 1.54) is 22.3 Å². The van der Waals surface area contributed by atoms with Gasteiger partial charge in [-0.2, -0.15) is 0 Å². The van der Waals surface area contributed by atoms with Crippen molar-refractivity contribution in [3.63, 3.8) is 0 Å². The Labute approximate surface area is 152 Å². The van der Waals surface area contributed by atoms with Crippen LogP contribution in [0.25, 0.3) is 0 Å². The fourth-order valence-electron chi connectivity index (χ4n) is 3.70. The molecule has 0 aliphatic carbocycles. The Hall–Kier alpha value is -3.20. The quantitative estimate of drug-likeness (QED) is 0.662. The summed E-state index contributed by atoms with van der Waals surface area (Å²) in [6, 6.07) is 21.1. The Morgan fingerprint density at radius 1 is 0.692 bits per heavy atom. The van der Waals surface area contributed by atoms with E-state index < -0.39 is 0 Å². The van der Waals surface area contributed by atoms with Gasteiger partial charge in [0.05, 0.1) is 22.8 Å². The van der Waals surface area contributed by atoms with Crippen molar-refractivity contribution in [2.75, 3.05) is 5.73 Å². The fraction of sp³-hybridized carbons (Fsp3) is 0.130. The number of nitrogens with two attached hydrogens (primary N) is 1. The number of nitrogens with zero attached hydrogens (tertiary/aromatic N) is 2. The fourth-order valence-corrected chi connectivity index (χ4v) is 3.70. The van der Waals surface area contributed by atoms with Crippen molar-refractivity contribution in [2.45, 2.75) is 19.8 Å². The van der Waals surface area contributed by atoms with Crippen molar-refractivity contribution in [1.29, 1.82) is 0 Å². The van der Waals surface area contributed by atoms with Crippen molar-refractivity contribution in [1.82, 2.24) is 0 Å². The lowest BCUT2D eigenvalue weighted by Gasteiger charge is -2.04. The molecule has 3 heteroatoms. The van der Waals surface area contributed by atoms with E-state index in [0.717, 1.165) is 46.9 Å². The Kier molecular flexibility index (Phi) is 3.29. The zero-order valence-electron chi connectivity index (χ0n) is 14.7. The number of nitrogen functional groups attached to an aromatic ring is 1. The van der Waals surface area contributed by atoms with E-state index in [0.29, 0.717) is 0 Å². The Balaban J connectivity index is 1.40. The third kappa shape index (κ3) is 2.53. The number of hydrogen-bond acceptors (Lipinski definition) is 3. The maximum Gasteiger partial charge on any atom is 0.0671 e. The number of aliphatic imine (C=N–C) groups is 2. The SMILES string of the molecule is Cc1ccc2c(c1)N=C(c1ccc(C3=Nc4ccc(N)cc4C3)cc1)C2. The molecule has 2 aliphatic rings. The topological polar surface area (TPSA) is 50.7 Å². The Morgan fingerprint density at radius 3 is 2.08 bits per heavy atom. The van der Waals surface area contributed by atoms with Gasteiger partial charge in [0, 0.05) is 18.5 Å². The van der Waals surface area contributed by atoms with Gasteiger partial charge in [0.2, 0.25) is 0 Å². The molecule has 2 aliphatic heterocycles. The van der Waals surface area contributed by atoms with Crippen LogP contribution in [0, 0.1) is 6.92 Å². The van der Waals surface area contributed by atoms with E-state index in [1.54, 1.807) is 0 Å². The zero-order chi connectivity index (χ0) is 17.7. The minimum atomic E-state index is 0.796. The second-order valence-electron chi connectivity index (χ2n) is 7.07. The number of rotatable bonds is 2. The number of anilines is 1. The standard InChI is InChI=1S/C23H19N3/c1-14-2-3-17-12-22(26-21(17)10-14)15-4-6-16(7-5-15)23-13-18-11-19(24)8-9-20(18)25-23/h2-11H,12-13,24H2,1H3. The smallest absolute Gasteiger partial charge is 0.0671 e. The highest BCUT2D eigenvalue weighted by atomic mass is 14.8. The molecule has 0 amide bonds. The molecule has 2 N–H and O–H groups in total. The van der Waals surface area contributed by atoms with Crippen molar-refractivity contribution in [3.8, 4) is 0 Å². The summed E-state index contributed by atoms with van der Waals surface area (Å²) in [6.07, 6.45) is 1.74. The number of aryl methyl sites for hydroxylation is 1. The monoisotopic (exact) mass is 337 g/mol. The van der Waals surface area contributed by atoms with Crippen LogP contribution >= 0.6 is 0 Å². The molecule has 26 heavy (non-hydrogen) atoms. The molecule has 0 atom stereocenters. The second-order valence-corrected chi connectivity index (χ2v) is 7.07. The van der Waals surface area contributed by atoms with E-state index in [-0.39, 0.29) is 0 Å². The summed E-state index contributed by atoms with van der Waals surface area (Å²) in [5.74, 6) is 0. The van der Waals surface area contributed by atoms with Crippen LogP contribution in [-0.2, 0) is 12.8 Å². The van der Waals surface area contributed by atoms with Crippen LogP contribution in [0.4, 0.5) is 17.1 Å². The van der Waals surface area contributed by atoms with E-state index in [4.69, 9.17) is 15.7 Å². The summed E-state index contributed by atoms with van der Waals surface area (Å²) in [6.45, 7) is 2.11. The first kappa shape index (κ1) is 15.1. The van der Waals surface area contributed by atoms with Gasteiger partial charge in [0.15, 0.2) is 0 Å². The molecule has 126 valence electrons. The Morgan fingerprint density at radius 2 is 1.35 bits per heavy atom. The van der Waals surface area contributed by atoms with Gasteiger partial charge in [-0.15, -0.1) is 0 Å². The van der Waals surface area contributed by atoms with Gasteiger partial charge in [-0.1, -0.05) is 36.4 Å². The zero-order valence-corrected chi connectivity index (χ0v) is 14.7. The van der Waals surface area contributed by atoms with E-state index in [2.05, 4.69) is 49.4 Å². The molecule has 0 radical (unpaired) electrons. The lowest BCUT2D eigenvalue weighted by molar-refractivity contribution is 1.35. The van der Waals surface area contributed by atoms with Crippen molar-refractivity contribution < 1.29 is 0 Å². The number of benzene rings is 3. The van der Waals surface area contributed by atoms with Crippen molar-refractivity contribution in [3.05, 3.63) is 88.5 Å². The normalized spacial score (nSPS) is 14.7. The highest BCUT2D eigenvalue weighted by Crippen LogP contribution is 2.32. The largest absolute Gasteiger partial charge is 0.399 e. The minimum Gasteiger partial charge on any atom is -0.399 e. The van der Waals surface area contributed by atoms with Crippen LogP contribution in [0.1, 0.15) is 27.8 Å². The molecule has 0 aromatic heterocycles. The summed E-state index contributed by atoms with van der Waals surface area (Å²) in [4.78, 5) is 9.59. The highest BCUT2D eigenvalue weighted by Gasteiger charge is 2.18. The average molecular weight is 337 g/mol. The van der Waals surface area contributed by atoms with Gasteiger partial charge in [0.1, 0.15) is 0 Å². The predicted octanol–water partition coefficient (Wildman–Crippen LogP) is 4.93. The molecular weight excluding hydrogens is 318 g/mol. The van der Waals surface area contributed by atoms with Gasteiger partial charge in [-0.05, 0) is 59.0 Å². The molecule has 0 spiro atoms. The summed E-state index contributed by atoms with van der Waals surface area (Å²) >= 11 is 0. The van der Waals surface area contributed by atoms with Gasteiger partial charge in [-0.3, -0.25) is 9.98 Å². The van der Waals surface area contributed by atoms with Gasteiger partial charge in [0.25, 0.3) is 0 Å². The third-order valence-electron chi connectivity index (χ3n) is 5.12. The summed E-state index contributed by atoms with van der Waals surface area (Å²) in [5, 5.41) is 0. The van der Waals surface area contributed by atoms with Crippen molar-refractivity contribution >= 4 is 28.5 Å². The predicted molar refractivity (Wildman–Crippen MR) is 108 cm³/mol. The molecule has 0 saturated heterocycles. The molecule has 3 nitrogen and oxygen atoms in total. The van der Waals surface area contributed by atoms with E-state index >= 15 is 0 Å². The Bertz CT molecular complexity index is 1090. The molecule has 3 aromatic rings. The van der Waals surface area contributed by atoms with Gasteiger partial charge >= 0.3 is 0 Å². The van der Waals surface area contributed by atoms with Crippen LogP contribution < -0.4 is 5.73 Å². The lowest BCUT2D eigenvalue weighted by Crippen LogP contribution is -2.04. The maximum absolute atomic E-state index is 5.89. The molecule has 0 bridgehead atoms. The van der Waals surface area contributed by atoms with Crippen molar-refractivity contribution in [2.24, 2.45) is 9.98 Å². The molecule has 3 aromatic carbocycles.